The van der Waals surface area contributed by atoms with Crippen molar-refractivity contribution in [2.24, 2.45) is 23.0 Å². The van der Waals surface area contributed by atoms with Crippen molar-refractivity contribution in [1.82, 2.24) is 4.90 Å². The van der Waals surface area contributed by atoms with Crippen LogP contribution in [0.2, 0.25) is 0 Å². The van der Waals surface area contributed by atoms with E-state index in [0.29, 0.717) is 12.5 Å². The largest absolute Gasteiger partial charge is 0.401 e. The summed E-state index contributed by atoms with van der Waals surface area (Å²) in [5, 5.41) is 8.97. The Hall–Kier alpha value is -0.330. The first-order valence-corrected chi connectivity index (χ1v) is 7.68. The Morgan fingerprint density at radius 3 is 2.29 bits per heavy atom. The van der Waals surface area contributed by atoms with Crippen LogP contribution in [-0.2, 0) is 0 Å². The maximum atomic E-state index is 12.6. The van der Waals surface area contributed by atoms with E-state index >= 15 is 0 Å². The van der Waals surface area contributed by atoms with Crippen molar-refractivity contribution in [3.63, 3.8) is 0 Å². The summed E-state index contributed by atoms with van der Waals surface area (Å²) in [7, 11) is 0. The van der Waals surface area contributed by atoms with Crippen molar-refractivity contribution in [3.05, 3.63) is 0 Å². The Morgan fingerprint density at radius 1 is 1.19 bits per heavy atom. The highest BCUT2D eigenvalue weighted by Crippen LogP contribution is 2.40. The summed E-state index contributed by atoms with van der Waals surface area (Å²) in [6.07, 6.45) is -1.46. The average molecular weight is 310 g/mol. The number of rotatable bonds is 5. The van der Waals surface area contributed by atoms with Crippen LogP contribution in [-0.4, -0.2) is 48.5 Å². The summed E-state index contributed by atoms with van der Waals surface area (Å²) in [5.41, 5.74) is 6.28. The fourth-order valence-electron chi connectivity index (χ4n) is 3.25. The van der Waals surface area contributed by atoms with Crippen LogP contribution >= 0.6 is 0 Å². The van der Waals surface area contributed by atoms with Gasteiger partial charge in [-0.25, -0.2) is 0 Å². The van der Waals surface area contributed by atoms with Crippen LogP contribution in [0.3, 0.4) is 0 Å². The first-order valence-electron chi connectivity index (χ1n) is 7.68. The molecule has 1 rings (SSSR count). The lowest BCUT2D eigenvalue weighted by atomic mass is 9.67. The molecule has 0 aromatic carbocycles. The molecule has 1 saturated carbocycles. The van der Waals surface area contributed by atoms with Crippen LogP contribution in [0.15, 0.2) is 0 Å². The first-order chi connectivity index (χ1) is 9.53. The first kappa shape index (κ1) is 18.7. The van der Waals surface area contributed by atoms with Gasteiger partial charge < -0.3 is 10.8 Å². The van der Waals surface area contributed by atoms with Crippen molar-refractivity contribution in [1.29, 1.82) is 0 Å². The number of aliphatic hydroxyl groups is 1. The summed E-state index contributed by atoms with van der Waals surface area (Å²) in [6.45, 7) is 5.64. The Kier molecular flexibility index (Phi) is 6.50. The van der Waals surface area contributed by atoms with Crippen molar-refractivity contribution in [2.45, 2.75) is 52.3 Å². The lowest BCUT2D eigenvalue weighted by Gasteiger charge is -2.42. The van der Waals surface area contributed by atoms with Crippen molar-refractivity contribution in [2.75, 3.05) is 26.2 Å². The second kappa shape index (κ2) is 7.29. The minimum Gasteiger partial charge on any atom is -0.395 e. The zero-order chi connectivity index (χ0) is 16.3. The zero-order valence-corrected chi connectivity index (χ0v) is 13.3. The van der Waals surface area contributed by atoms with Gasteiger partial charge in [0.2, 0.25) is 0 Å². The highest BCUT2D eigenvalue weighted by Gasteiger charge is 2.37. The van der Waals surface area contributed by atoms with Crippen LogP contribution in [0.1, 0.15) is 40.0 Å². The monoisotopic (exact) mass is 310 g/mol. The third-order valence-electron chi connectivity index (χ3n) is 4.58. The van der Waals surface area contributed by atoms with Gasteiger partial charge in [-0.1, -0.05) is 20.8 Å². The molecular weight excluding hydrogens is 281 g/mol. The summed E-state index contributed by atoms with van der Waals surface area (Å²) in [5.74, 6) is 0.557. The van der Waals surface area contributed by atoms with E-state index in [1.165, 1.54) is 4.90 Å². The normalized spacial score (nSPS) is 28.1. The van der Waals surface area contributed by atoms with Crippen molar-refractivity contribution >= 4 is 0 Å². The smallest absolute Gasteiger partial charge is 0.395 e. The molecule has 0 amide bonds. The standard InChI is InChI=1S/C15H29F3N2O/c1-14(2,3)12-4-5-13(19)11(8-12)9-20(6-7-21)10-15(16,17)18/h11-13,21H,4-10,19H2,1-3H3. The second-order valence-corrected chi connectivity index (χ2v) is 7.37. The lowest BCUT2D eigenvalue weighted by Crippen LogP contribution is -2.47. The average Bonchev–Trinajstić information content (AvgIpc) is 2.28. The van der Waals surface area contributed by atoms with E-state index in [9.17, 15) is 13.2 Å². The highest BCUT2D eigenvalue weighted by molar-refractivity contribution is 4.89. The minimum atomic E-state index is -4.24. The molecule has 1 fully saturated rings. The predicted octanol–water partition coefficient (Wildman–Crippen LogP) is 2.63. The molecule has 21 heavy (non-hydrogen) atoms. The number of halogens is 3. The van der Waals surface area contributed by atoms with Gasteiger partial charge in [-0.2, -0.15) is 13.2 Å². The van der Waals surface area contributed by atoms with E-state index in [2.05, 4.69) is 20.8 Å². The van der Waals surface area contributed by atoms with Gasteiger partial charge in [0.05, 0.1) is 13.2 Å². The Balaban J connectivity index is 2.67. The molecule has 0 bridgehead atoms. The lowest BCUT2D eigenvalue weighted by molar-refractivity contribution is -0.148. The molecule has 0 aromatic rings. The van der Waals surface area contributed by atoms with Gasteiger partial charge in [0.1, 0.15) is 0 Å². The molecule has 3 unspecified atom stereocenters. The van der Waals surface area contributed by atoms with Gasteiger partial charge in [-0.05, 0) is 36.5 Å². The molecule has 126 valence electrons. The number of nitrogens with two attached hydrogens (primary N) is 1. The van der Waals surface area contributed by atoms with Crippen LogP contribution in [0.25, 0.3) is 0 Å². The van der Waals surface area contributed by atoms with E-state index in [-0.39, 0.29) is 30.5 Å². The minimum absolute atomic E-state index is 0.0435. The SMILES string of the molecule is CC(C)(C)C1CCC(N)C(CN(CCO)CC(F)(F)F)C1. The van der Waals surface area contributed by atoms with Gasteiger partial charge >= 0.3 is 6.18 Å². The van der Waals surface area contributed by atoms with Gasteiger partial charge in [0.15, 0.2) is 0 Å². The maximum Gasteiger partial charge on any atom is 0.401 e. The van der Waals surface area contributed by atoms with Crippen LogP contribution in [0.5, 0.6) is 0 Å². The predicted molar refractivity (Wildman–Crippen MR) is 77.8 cm³/mol. The summed E-state index contributed by atoms with van der Waals surface area (Å²) in [6, 6.07) is -0.0435. The fourth-order valence-corrected chi connectivity index (χ4v) is 3.25. The molecule has 0 saturated heterocycles. The van der Waals surface area contributed by atoms with Gasteiger partial charge in [0, 0.05) is 19.1 Å². The Morgan fingerprint density at radius 2 is 1.81 bits per heavy atom. The van der Waals surface area contributed by atoms with E-state index < -0.39 is 12.7 Å². The van der Waals surface area contributed by atoms with Crippen LogP contribution in [0.4, 0.5) is 13.2 Å². The number of hydrogen-bond donors (Lipinski definition) is 2. The molecule has 0 spiro atoms. The van der Waals surface area contributed by atoms with E-state index in [1.807, 2.05) is 0 Å². The molecule has 1 aliphatic rings. The highest BCUT2D eigenvalue weighted by atomic mass is 19.4. The van der Waals surface area contributed by atoms with E-state index in [0.717, 1.165) is 19.3 Å². The molecule has 3 atom stereocenters. The van der Waals surface area contributed by atoms with E-state index in [4.69, 9.17) is 10.8 Å². The molecular formula is C15H29F3N2O. The zero-order valence-electron chi connectivity index (χ0n) is 13.3. The number of alkyl halides is 3. The van der Waals surface area contributed by atoms with Crippen molar-refractivity contribution < 1.29 is 18.3 Å². The second-order valence-electron chi connectivity index (χ2n) is 7.37. The van der Waals surface area contributed by atoms with E-state index in [1.54, 1.807) is 0 Å². The van der Waals surface area contributed by atoms with Crippen LogP contribution in [0, 0.1) is 17.3 Å². The summed E-state index contributed by atoms with van der Waals surface area (Å²) < 4.78 is 37.8. The molecule has 0 heterocycles. The van der Waals surface area contributed by atoms with Gasteiger partial charge in [-0.15, -0.1) is 0 Å². The van der Waals surface area contributed by atoms with Crippen molar-refractivity contribution in [3.8, 4) is 0 Å². The maximum absolute atomic E-state index is 12.6. The fraction of sp³-hybridized carbons (Fsp3) is 1.00. The summed E-state index contributed by atoms with van der Waals surface area (Å²) in [4.78, 5) is 1.29. The molecule has 3 nitrogen and oxygen atoms in total. The van der Waals surface area contributed by atoms with Gasteiger partial charge in [0.25, 0.3) is 0 Å². The molecule has 6 heteroatoms. The van der Waals surface area contributed by atoms with Gasteiger partial charge in [-0.3, -0.25) is 4.90 Å². The van der Waals surface area contributed by atoms with Crippen LogP contribution < -0.4 is 5.73 Å². The number of aliphatic hydroxyl groups excluding tert-OH is 1. The molecule has 0 aliphatic heterocycles. The molecule has 0 radical (unpaired) electrons. The molecule has 0 aromatic heterocycles. The topological polar surface area (TPSA) is 49.5 Å². The Labute approximate surface area is 125 Å². The Bertz CT molecular complexity index is 315. The summed E-state index contributed by atoms with van der Waals surface area (Å²) >= 11 is 0. The number of hydrogen-bond acceptors (Lipinski definition) is 3. The third-order valence-corrected chi connectivity index (χ3v) is 4.58. The molecule has 3 N–H and O–H groups in total. The molecule has 1 aliphatic carbocycles. The number of nitrogens with zero attached hydrogens (tertiary/aromatic N) is 1. The third kappa shape index (κ3) is 6.53. The quantitative estimate of drug-likeness (QED) is 0.821.